The van der Waals surface area contributed by atoms with E-state index < -0.39 is 0 Å². The molecule has 4 nitrogen and oxygen atoms in total. The standard InChI is InChI=1S/C16H20N2O2S/c19-15-12-17(10-11-21-13-6-2-1-3-7-13)16(20)14-8-4-5-9-18(14)15/h1-3,6-7,14H,4-5,8-12H2. The molecule has 2 fully saturated rings. The monoisotopic (exact) mass is 304 g/mol. The van der Waals surface area contributed by atoms with Crippen molar-refractivity contribution in [3.05, 3.63) is 30.3 Å². The van der Waals surface area contributed by atoms with Crippen LogP contribution in [-0.2, 0) is 9.59 Å². The Morgan fingerprint density at radius 3 is 2.76 bits per heavy atom. The van der Waals surface area contributed by atoms with Gasteiger partial charge in [-0.2, -0.15) is 0 Å². The lowest BCUT2D eigenvalue weighted by atomic mass is 9.98. The van der Waals surface area contributed by atoms with Gasteiger partial charge in [-0.05, 0) is 31.4 Å². The SMILES string of the molecule is O=C1C2CCCCN2C(=O)CN1CCSc1ccccc1. The van der Waals surface area contributed by atoms with E-state index >= 15 is 0 Å². The second-order valence-electron chi connectivity index (χ2n) is 5.52. The zero-order chi connectivity index (χ0) is 14.7. The number of benzene rings is 1. The van der Waals surface area contributed by atoms with Crippen LogP contribution >= 0.6 is 11.8 Å². The van der Waals surface area contributed by atoms with E-state index in [4.69, 9.17) is 0 Å². The average molecular weight is 304 g/mol. The lowest BCUT2D eigenvalue weighted by Crippen LogP contribution is -2.61. The molecule has 2 heterocycles. The highest BCUT2D eigenvalue weighted by Gasteiger charge is 2.39. The van der Waals surface area contributed by atoms with Gasteiger partial charge >= 0.3 is 0 Å². The molecule has 112 valence electrons. The summed E-state index contributed by atoms with van der Waals surface area (Å²) in [6, 6.07) is 9.96. The van der Waals surface area contributed by atoms with Crippen molar-refractivity contribution in [2.75, 3.05) is 25.4 Å². The molecule has 21 heavy (non-hydrogen) atoms. The molecule has 2 amide bonds. The summed E-state index contributed by atoms with van der Waals surface area (Å²) >= 11 is 1.73. The highest BCUT2D eigenvalue weighted by molar-refractivity contribution is 7.99. The smallest absolute Gasteiger partial charge is 0.245 e. The third-order valence-corrected chi connectivity index (χ3v) is 5.11. The van der Waals surface area contributed by atoms with E-state index in [1.807, 2.05) is 18.2 Å². The summed E-state index contributed by atoms with van der Waals surface area (Å²) in [6.45, 7) is 1.65. The van der Waals surface area contributed by atoms with Crippen molar-refractivity contribution in [3.63, 3.8) is 0 Å². The van der Waals surface area contributed by atoms with Crippen LogP contribution in [0.4, 0.5) is 0 Å². The van der Waals surface area contributed by atoms with E-state index in [0.29, 0.717) is 6.54 Å². The van der Waals surface area contributed by atoms with Gasteiger partial charge in [0.1, 0.15) is 6.04 Å². The van der Waals surface area contributed by atoms with Crippen LogP contribution < -0.4 is 0 Å². The third-order valence-electron chi connectivity index (χ3n) is 4.12. The Morgan fingerprint density at radius 2 is 1.95 bits per heavy atom. The number of amides is 2. The van der Waals surface area contributed by atoms with Crippen LogP contribution in [0.5, 0.6) is 0 Å². The lowest BCUT2D eigenvalue weighted by Gasteiger charge is -2.42. The van der Waals surface area contributed by atoms with Crippen molar-refractivity contribution in [2.24, 2.45) is 0 Å². The Balaban J connectivity index is 1.56. The topological polar surface area (TPSA) is 40.6 Å². The van der Waals surface area contributed by atoms with Crippen molar-refractivity contribution in [1.29, 1.82) is 0 Å². The first-order valence-corrected chi connectivity index (χ1v) is 8.50. The third kappa shape index (κ3) is 3.23. The quantitative estimate of drug-likeness (QED) is 0.799. The van der Waals surface area contributed by atoms with E-state index in [9.17, 15) is 9.59 Å². The van der Waals surface area contributed by atoms with Crippen LogP contribution in [-0.4, -0.2) is 53.0 Å². The summed E-state index contributed by atoms with van der Waals surface area (Å²) in [6.07, 6.45) is 2.90. The number of fused-ring (bicyclic) bond motifs is 1. The molecule has 1 aromatic carbocycles. The predicted octanol–water partition coefficient (Wildman–Crippen LogP) is 2.00. The van der Waals surface area contributed by atoms with Crippen LogP contribution in [0.3, 0.4) is 0 Å². The fraction of sp³-hybridized carbons (Fsp3) is 0.500. The van der Waals surface area contributed by atoms with Gasteiger partial charge in [-0.3, -0.25) is 9.59 Å². The maximum atomic E-state index is 12.5. The van der Waals surface area contributed by atoms with Gasteiger partial charge in [0.15, 0.2) is 0 Å². The maximum Gasteiger partial charge on any atom is 0.245 e. The van der Waals surface area contributed by atoms with E-state index in [1.54, 1.807) is 21.6 Å². The molecule has 0 spiro atoms. The van der Waals surface area contributed by atoms with E-state index in [0.717, 1.165) is 31.6 Å². The molecule has 2 saturated heterocycles. The van der Waals surface area contributed by atoms with Crippen molar-refractivity contribution in [1.82, 2.24) is 9.80 Å². The molecule has 0 aromatic heterocycles. The first-order valence-electron chi connectivity index (χ1n) is 7.52. The molecule has 2 aliphatic rings. The van der Waals surface area contributed by atoms with Crippen LogP contribution in [0.25, 0.3) is 0 Å². The molecule has 0 radical (unpaired) electrons. The highest BCUT2D eigenvalue weighted by Crippen LogP contribution is 2.24. The fourth-order valence-corrected chi connectivity index (χ4v) is 3.91. The van der Waals surface area contributed by atoms with E-state index in [-0.39, 0.29) is 24.4 Å². The maximum absolute atomic E-state index is 12.5. The predicted molar refractivity (Wildman–Crippen MR) is 83.1 cm³/mol. The Kier molecular flexibility index (Phi) is 4.48. The minimum Gasteiger partial charge on any atom is -0.331 e. The molecule has 2 aliphatic heterocycles. The van der Waals surface area contributed by atoms with Gasteiger partial charge < -0.3 is 9.80 Å². The molecule has 1 unspecified atom stereocenters. The van der Waals surface area contributed by atoms with Crippen LogP contribution in [0.15, 0.2) is 35.2 Å². The van der Waals surface area contributed by atoms with Crippen molar-refractivity contribution in [2.45, 2.75) is 30.2 Å². The molecule has 1 aromatic rings. The Hall–Kier alpha value is -1.49. The average Bonchev–Trinajstić information content (AvgIpc) is 2.53. The van der Waals surface area contributed by atoms with Crippen LogP contribution in [0.2, 0.25) is 0 Å². The lowest BCUT2D eigenvalue weighted by molar-refractivity contribution is -0.157. The van der Waals surface area contributed by atoms with Crippen molar-refractivity contribution < 1.29 is 9.59 Å². The molecule has 0 saturated carbocycles. The van der Waals surface area contributed by atoms with E-state index in [1.165, 1.54) is 4.90 Å². The Labute approximate surface area is 129 Å². The molecule has 0 N–H and O–H groups in total. The number of piperidine rings is 1. The molecular weight excluding hydrogens is 284 g/mol. The highest BCUT2D eigenvalue weighted by atomic mass is 32.2. The second kappa shape index (κ2) is 6.52. The minimum absolute atomic E-state index is 0.115. The number of thioether (sulfide) groups is 1. The number of hydrogen-bond acceptors (Lipinski definition) is 3. The summed E-state index contributed by atoms with van der Waals surface area (Å²) in [5.41, 5.74) is 0. The normalized spacial score (nSPS) is 22.4. The number of carbonyl (C=O) groups excluding carboxylic acids is 2. The summed E-state index contributed by atoms with van der Waals surface area (Å²) in [5, 5.41) is 0. The fourth-order valence-electron chi connectivity index (χ4n) is 3.01. The number of rotatable bonds is 4. The molecule has 1 atom stereocenters. The number of hydrogen-bond donors (Lipinski definition) is 0. The molecule has 5 heteroatoms. The molecule has 0 aliphatic carbocycles. The second-order valence-corrected chi connectivity index (χ2v) is 6.69. The molecular formula is C16H20N2O2S. The Morgan fingerprint density at radius 1 is 1.14 bits per heavy atom. The first-order chi connectivity index (χ1) is 10.3. The van der Waals surface area contributed by atoms with Gasteiger partial charge in [0.05, 0.1) is 6.54 Å². The summed E-state index contributed by atoms with van der Waals surface area (Å²) in [7, 11) is 0. The zero-order valence-corrected chi connectivity index (χ0v) is 12.8. The largest absolute Gasteiger partial charge is 0.331 e. The van der Waals surface area contributed by atoms with Gasteiger partial charge in [0.25, 0.3) is 0 Å². The van der Waals surface area contributed by atoms with Gasteiger partial charge in [-0.25, -0.2) is 0 Å². The van der Waals surface area contributed by atoms with Gasteiger partial charge in [-0.15, -0.1) is 11.8 Å². The van der Waals surface area contributed by atoms with Crippen molar-refractivity contribution >= 4 is 23.6 Å². The summed E-state index contributed by atoms with van der Waals surface area (Å²) in [5.74, 6) is 1.09. The number of piperazine rings is 1. The van der Waals surface area contributed by atoms with Gasteiger partial charge in [-0.1, -0.05) is 18.2 Å². The minimum atomic E-state index is -0.193. The van der Waals surface area contributed by atoms with Crippen LogP contribution in [0.1, 0.15) is 19.3 Å². The van der Waals surface area contributed by atoms with Gasteiger partial charge in [0.2, 0.25) is 11.8 Å². The van der Waals surface area contributed by atoms with Gasteiger partial charge in [0, 0.05) is 23.7 Å². The first kappa shape index (κ1) is 14.4. The zero-order valence-electron chi connectivity index (χ0n) is 12.0. The molecule has 3 rings (SSSR count). The van der Waals surface area contributed by atoms with E-state index in [2.05, 4.69) is 12.1 Å². The summed E-state index contributed by atoms with van der Waals surface area (Å²) in [4.78, 5) is 29.3. The Bertz CT molecular complexity index is 520. The number of nitrogens with zero attached hydrogens (tertiary/aromatic N) is 2. The number of carbonyl (C=O) groups is 2. The molecule has 0 bridgehead atoms. The van der Waals surface area contributed by atoms with Crippen LogP contribution in [0, 0.1) is 0 Å². The summed E-state index contributed by atoms with van der Waals surface area (Å²) < 4.78 is 0. The van der Waals surface area contributed by atoms with Crippen molar-refractivity contribution in [3.8, 4) is 0 Å².